The van der Waals surface area contributed by atoms with E-state index >= 15 is 0 Å². The maximum atomic E-state index is 11.6. The average Bonchev–Trinajstić information content (AvgIpc) is 3.34. The molecule has 2 heterocycles. The van der Waals surface area contributed by atoms with Gasteiger partial charge in [-0.25, -0.2) is 0 Å². The average molecular weight is 406 g/mol. The summed E-state index contributed by atoms with van der Waals surface area (Å²) in [6.45, 7) is 3.87. The maximum absolute atomic E-state index is 11.6. The van der Waals surface area contributed by atoms with Gasteiger partial charge in [-0.1, -0.05) is 49.4 Å². The standard InChI is InChI=1S/C14H14O2.C10H9O2P/c1-2-6-12(15)14-10-9-13(16-14)11-7-4-3-5-8-11;1-6-8-3-2-7(13)4-9(8)12-10(6)5-11/h3-5,7-10H,2,6H2,1H3;2-5H,13H2,1H3. The lowest BCUT2D eigenvalue weighted by Gasteiger charge is -1.96. The highest BCUT2D eigenvalue weighted by Gasteiger charge is 2.11. The summed E-state index contributed by atoms with van der Waals surface area (Å²) in [5, 5.41) is 2.06. The zero-order valence-electron chi connectivity index (χ0n) is 16.5. The lowest BCUT2D eigenvalue weighted by atomic mass is 10.1. The molecule has 2 aromatic heterocycles. The van der Waals surface area contributed by atoms with Crippen LogP contribution in [0.1, 0.15) is 46.4 Å². The van der Waals surface area contributed by atoms with Crippen molar-refractivity contribution in [3.8, 4) is 11.3 Å². The number of benzene rings is 2. The first-order valence-corrected chi connectivity index (χ1v) is 10.0. The Morgan fingerprint density at radius 1 is 1.03 bits per heavy atom. The summed E-state index contributed by atoms with van der Waals surface area (Å²) < 4.78 is 10.9. The van der Waals surface area contributed by atoms with Gasteiger partial charge in [0.1, 0.15) is 11.3 Å². The molecule has 148 valence electrons. The van der Waals surface area contributed by atoms with E-state index in [0.29, 0.717) is 17.9 Å². The van der Waals surface area contributed by atoms with Crippen molar-refractivity contribution in [2.45, 2.75) is 26.7 Å². The minimum Gasteiger partial charge on any atom is -0.453 e. The van der Waals surface area contributed by atoms with Crippen molar-refractivity contribution in [1.29, 1.82) is 0 Å². The molecular formula is C24H23O4P. The molecule has 4 nitrogen and oxygen atoms in total. The number of rotatable bonds is 5. The molecule has 0 bridgehead atoms. The summed E-state index contributed by atoms with van der Waals surface area (Å²) >= 11 is 0. The molecule has 0 amide bonds. The second kappa shape index (κ2) is 9.49. The molecule has 2 aromatic carbocycles. The fourth-order valence-electron chi connectivity index (χ4n) is 2.97. The molecule has 0 saturated carbocycles. The number of aryl methyl sites for hydroxylation is 1. The number of carbonyl (C=O) groups is 2. The largest absolute Gasteiger partial charge is 0.453 e. The Morgan fingerprint density at radius 3 is 2.48 bits per heavy atom. The van der Waals surface area contributed by atoms with E-state index < -0.39 is 0 Å². The molecule has 0 N–H and O–H groups in total. The van der Waals surface area contributed by atoms with Gasteiger partial charge < -0.3 is 8.83 Å². The van der Waals surface area contributed by atoms with E-state index in [1.807, 2.05) is 68.4 Å². The molecule has 1 atom stereocenters. The highest BCUT2D eigenvalue weighted by Crippen LogP contribution is 2.24. The summed E-state index contributed by atoms with van der Waals surface area (Å²) in [4.78, 5) is 22.2. The Balaban J connectivity index is 0.000000169. The van der Waals surface area contributed by atoms with Gasteiger partial charge in [-0.3, -0.25) is 9.59 Å². The Morgan fingerprint density at radius 2 is 1.79 bits per heavy atom. The van der Waals surface area contributed by atoms with Crippen LogP contribution in [0.15, 0.2) is 69.5 Å². The van der Waals surface area contributed by atoms with Gasteiger partial charge >= 0.3 is 0 Å². The topological polar surface area (TPSA) is 60.4 Å². The first-order valence-electron chi connectivity index (χ1n) is 9.45. The van der Waals surface area contributed by atoms with Crippen molar-refractivity contribution < 1.29 is 18.4 Å². The Kier molecular flexibility index (Phi) is 6.79. The first kappa shape index (κ1) is 20.8. The summed E-state index contributed by atoms with van der Waals surface area (Å²) in [7, 11) is 2.59. The molecule has 1 unspecified atom stereocenters. The molecule has 0 spiro atoms. The normalized spacial score (nSPS) is 10.4. The van der Waals surface area contributed by atoms with Crippen LogP contribution in [0.4, 0.5) is 0 Å². The summed E-state index contributed by atoms with van der Waals surface area (Å²) in [5.74, 6) is 1.70. The number of aldehydes is 1. The molecule has 5 heteroatoms. The van der Waals surface area contributed by atoms with Crippen LogP contribution in [0.5, 0.6) is 0 Å². The Labute approximate surface area is 172 Å². The van der Waals surface area contributed by atoms with Crippen molar-refractivity contribution in [1.82, 2.24) is 0 Å². The summed E-state index contributed by atoms with van der Waals surface area (Å²) in [6.07, 6.45) is 2.14. The fraction of sp³-hybridized carbons (Fsp3) is 0.167. The predicted molar refractivity (Wildman–Crippen MR) is 119 cm³/mol. The van der Waals surface area contributed by atoms with Crippen molar-refractivity contribution in [3.63, 3.8) is 0 Å². The molecule has 0 aliphatic heterocycles. The SMILES string of the molecule is CCCC(=O)c1ccc(-c2ccccc2)o1.Cc1c(C=O)oc2cc(P)ccc12. The van der Waals surface area contributed by atoms with Crippen molar-refractivity contribution in [2.75, 3.05) is 0 Å². The first-order chi connectivity index (χ1) is 14.0. The molecule has 0 radical (unpaired) electrons. The zero-order valence-corrected chi connectivity index (χ0v) is 17.6. The minimum absolute atomic E-state index is 0.0738. The van der Waals surface area contributed by atoms with Gasteiger partial charge in [0.15, 0.2) is 23.6 Å². The maximum Gasteiger partial charge on any atom is 0.198 e. The number of ketones is 1. The summed E-state index contributed by atoms with van der Waals surface area (Å²) in [5.41, 5.74) is 2.68. The highest BCUT2D eigenvalue weighted by atomic mass is 31.0. The van der Waals surface area contributed by atoms with E-state index in [-0.39, 0.29) is 5.78 Å². The van der Waals surface area contributed by atoms with Gasteiger partial charge in [-0.15, -0.1) is 9.24 Å². The molecule has 0 aliphatic carbocycles. The van der Waals surface area contributed by atoms with Crippen molar-refractivity contribution in [2.24, 2.45) is 0 Å². The van der Waals surface area contributed by atoms with Gasteiger partial charge in [0.2, 0.25) is 0 Å². The Hall–Kier alpha value is -2.97. The smallest absolute Gasteiger partial charge is 0.198 e. The number of hydrogen-bond donors (Lipinski definition) is 0. The van der Waals surface area contributed by atoms with Gasteiger partial charge in [0.05, 0.1) is 0 Å². The van der Waals surface area contributed by atoms with E-state index in [1.54, 1.807) is 6.07 Å². The minimum atomic E-state index is 0.0738. The second-order valence-corrected chi connectivity index (χ2v) is 7.33. The van der Waals surface area contributed by atoms with Crippen LogP contribution in [0.2, 0.25) is 0 Å². The third-order valence-corrected chi connectivity index (χ3v) is 4.88. The van der Waals surface area contributed by atoms with Crippen LogP contribution in [-0.2, 0) is 0 Å². The molecule has 4 rings (SSSR count). The zero-order chi connectivity index (χ0) is 20.8. The third kappa shape index (κ3) is 4.90. The van der Waals surface area contributed by atoms with E-state index in [2.05, 4.69) is 9.24 Å². The quantitative estimate of drug-likeness (QED) is 0.232. The molecule has 0 fully saturated rings. The lowest BCUT2D eigenvalue weighted by Crippen LogP contribution is -1.94. The van der Waals surface area contributed by atoms with Crippen LogP contribution >= 0.6 is 9.24 Å². The number of furan rings is 2. The van der Waals surface area contributed by atoms with E-state index in [9.17, 15) is 9.59 Å². The van der Waals surface area contributed by atoms with Crippen molar-refractivity contribution >= 4 is 37.6 Å². The van der Waals surface area contributed by atoms with Crippen LogP contribution in [0.3, 0.4) is 0 Å². The number of Topliss-reactive ketones (excluding diaryl/α,β-unsaturated/α-hetero) is 1. The van der Waals surface area contributed by atoms with Crippen LogP contribution in [0, 0.1) is 6.92 Å². The fourth-order valence-corrected chi connectivity index (χ4v) is 3.22. The lowest BCUT2D eigenvalue weighted by molar-refractivity contribution is 0.0955. The van der Waals surface area contributed by atoms with Gasteiger partial charge in [0.25, 0.3) is 0 Å². The third-order valence-electron chi connectivity index (χ3n) is 4.52. The summed E-state index contributed by atoms with van der Waals surface area (Å²) in [6, 6.07) is 19.2. The van der Waals surface area contributed by atoms with Gasteiger partial charge in [-0.2, -0.15) is 0 Å². The van der Waals surface area contributed by atoms with Gasteiger partial charge in [-0.05, 0) is 36.8 Å². The van der Waals surface area contributed by atoms with Crippen LogP contribution in [-0.4, -0.2) is 12.1 Å². The number of carbonyl (C=O) groups excluding carboxylic acids is 2. The molecule has 29 heavy (non-hydrogen) atoms. The monoisotopic (exact) mass is 406 g/mol. The highest BCUT2D eigenvalue weighted by molar-refractivity contribution is 7.27. The molecular weight excluding hydrogens is 383 g/mol. The number of fused-ring (bicyclic) bond motifs is 1. The molecule has 0 aliphatic rings. The van der Waals surface area contributed by atoms with E-state index in [0.717, 1.165) is 45.9 Å². The second-order valence-electron chi connectivity index (χ2n) is 6.67. The molecule has 4 aromatic rings. The van der Waals surface area contributed by atoms with Crippen LogP contribution in [0.25, 0.3) is 22.3 Å². The van der Waals surface area contributed by atoms with Crippen molar-refractivity contribution in [3.05, 3.63) is 77.7 Å². The number of hydrogen-bond acceptors (Lipinski definition) is 4. The Bertz CT molecular complexity index is 1120. The van der Waals surface area contributed by atoms with Gasteiger partial charge in [0, 0.05) is 22.9 Å². The van der Waals surface area contributed by atoms with E-state index in [4.69, 9.17) is 8.83 Å². The molecule has 0 saturated heterocycles. The van der Waals surface area contributed by atoms with E-state index in [1.165, 1.54) is 0 Å². The van der Waals surface area contributed by atoms with Crippen LogP contribution < -0.4 is 5.30 Å². The predicted octanol–water partition coefficient (Wildman–Crippen LogP) is 5.98.